The number of hydrazine groups is 2. The van der Waals surface area contributed by atoms with Gasteiger partial charge in [-0.3, -0.25) is 4.72 Å². The van der Waals surface area contributed by atoms with Gasteiger partial charge in [0.2, 0.25) is 29.7 Å². The number of anilines is 4. The molecule has 84 heavy (non-hydrogen) atoms. The third-order valence-corrected chi connectivity index (χ3v) is 16.0. The molecule has 458 valence electrons. The van der Waals surface area contributed by atoms with Crippen molar-refractivity contribution in [1.82, 2.24) is 36.4 Å². The Kier molecular flexibility index (Phi) is 27.3. The molecule has 6 rings (SSSR count). The van der Waals surface area contributed by atoms with Gasteiger partial charge >= 0.3 is 30.1 Å². The molecule has 25 nitrogen and oxygen atoms in total. The lowest BCUT2D eigenvalue weighted by Gasteiger charge is -2.10. The highest BCUT2D eigenvalue weighted by atomic mass is 35.5. The maximum Gasteiger partial charge on any atom is 0.341 e. The number of carbonyl (C=O) groups is 3. The standard InChI is InChI=1S/C33H46ClN5O7S.C22H28N6O7S2/c1-2-3-4-5-6-7-8-9-10-11-12-13-14-15-22-45-30(41)26-18-21-28(34)29(23-26)35-31(42)37-38-32-36-33(39-46-32)47(43,44)24-25-16-19-27(40)20-17-25;1-15-8-9-19(16(2)12-15)34-11-5-10-23-20(29)25-26-21-24-22(27-35-21)37(32,33)14-17-6-4-7-18(13-17)28-36(3,30)31/h16-21,23,40H,2-15,22,24H2,1H3,(H2,35,37,42)(H,36,38,39);4,6-9,12-13,28H,5,10-11,14H2,1-3H3,(H2,23,25,29)(H,24,26,27). The third kappa shape index (κ3) is 25.0. The quantitative estimate of drug-likeness (QED) is 0.0106. The highest BCUT2D eigenvalue weighted by Crippen LogP contribution is 2.25. The van der Waals surface area contributed by atoms with Crippen molar-refractivity contribution in [1.29, 1.82) is 0 Å². The summed E-state index contributed by atoms with van der Waals surface area (Å²) >= 11 is 6.20. The summed E-state index contributed by atoms with van der Waals surface area (Å²) in [6.07, 6.45) is 19.0. The molecule has 0 fully saturated rings. The average molecular weight is 1240 g/mol. The van der Waals surface area contributed by atoms with Gasteiger partial charge in [0.05, 0.1) is 47.2 Å². The lowest BCUT2D eigenvalue weighted by Crippen LogP contribution is -2.39. The molecule has 0 bridgehead atoms. The molecule has 0 aliphatic rings. The molecule has 29 heteroatoms. The van der Waals surface area contributed by atoms with E-state index in [1.165, 1.54) is 137 Å². The van der Waals surface area contributed by atoms with Gasteiger partial charge in [-0.05, 0) is 102 Å². The minimum Gasteiger partial charge on any atom is -0.508 e. The Morgan fingerprint density at radius 3 is 1.79 bits per heavy atom. The fourth-order valence-corrected chi connectivity index (χ4v) is 11.0. The van der Waals surface area contributed by atoms with Gasteiger partial charge in [-0.2, -0.15) is 9.97 Å². The first-order valence-corrected chi connectivity index (χ1v) is 32.9. The van der Waals surface area contributed by atoms with Crippen molar-refractivity contribution in [3.05, 3.63) is 118 Å². The molecule has 0 aliphatic carbocycles. The molecule has 2 aromatic heterocycles. The summed E-state index contributed by atoms with van der Waals surface area (Å²) in [6, 6.07) is 19.7. The van der Waals surface area contributed by atoms with E-state index in [1.807, 2.05) is 32.0 Å². The lowest BCUT2D eigenvalue weighted by molar-refractivity contribution is 0.0497. The number of nitrogens with zero attached hydrogens (tertiary/aromatic N) is 4. The summed E-state index contributed by atoms with van der Waals surface area (Å²) in [6.45, 7) is 7.26. The molecular weight excluding hydrogens is 1170 g/mol. The SMILES string of the molecule is CCCCCCCCCCCCCCCCOC(=O)c1ccc(Cl)c(NC(=O)NNc2nc(S(=O)(=O)Cc3ccc(O)cc3)no2)c1.Cc1ccc(OCCCNC(=O)NNc2nc(S(=O)(=O)Cc3cccc(NS(C)(=O)=O)c3)no2)c(C)c1. The number of amides is 4. The Bertz CT molecular complexity index is 3400. The maximum absolute atomic E-state index is 12.6. The van der Waals surface area contributed by atoms with E-state index in [2.05, 4.69) is 64.3 Å². The molecule has 6 aromatic rings. The zero-order chi connectivity index (χ0) is 61.0. The van der Waals surface area contributed by atoms with E-state index in [0.29, 0.717) is 37.3 Å². The van der Waals surface area contributed by atoms with Gasteiger partial charge in [0.25, 0.3) is 10.3 Å². The van der Waals surface area contributed by atoms with Crippen molar-refractivity contribution in [3.63, 3.8) is 0 Å². The van der Waals surface area contributed by atoms with Crippen LogP contribution in [0.25, 0.3) is 0 Å². The van der Waals surface area contributed by atoms with Crippen molar-refractivity contribution in [2.24, 2.45) is 0 Å². The van der Waals surface area contributed by atoms with Gasteiger partial charge in [-0.1, -0.05) is 144 Å². The van der Waals surface area contributed by atoms with E-state index in [-0.39, 0.29) is 39.7 Å². The van der Waals surface area contributed by atoms with E-state index < -0.39 is 69.5 Å². The second kappa shape index (κ2) is 34.2. The maximum atomic E-state index is 12.6. The Hall–Kier alpha value is -7.69. The number of sulfonamides is 1. The van der Waals surface area contributed by atoms with Crippen LogP contribution in [0.15, 0.2) is 104 Å². The van der Waals surface area contributed by atoms with Crippen LogP contribution in [0.2, 0.25) is 5.02 Å². The molecule has 0 unspecified atom stereocenters. The molecule has 2 heterocycles. The van der Waals surface area contributed by atoms with E-state index >= 15 is 0 Å². The highest BCUT2D eigenvalue weighted by Gasteiger charge is 2.25. The van der Waals surface area contributed by atoms with Crippen LogP contribution in [0.5, 0.6) is 11.5 Å². The predicted molar refractivity (Wildman–Crippen MR) is 317 cm³/mol. The van der Waals surface area contributed by atoms with Gasteiger partial charge < -0.3 is 34.3 Å². The first kappa shape index (κ1) is 67.1. The number of carbonyl (C=O) groups excluding carboxylic acids is 3. The fraction of sp³-hybridized carbons (Fsp3) is 0.436. The van der Waals surface area contributed by atoms with Crippen LogP contribution in [-0.2, 0) is 45.9 Å². The highest BCUT2D eigenvalue weighted by molar-refractivity contribution is 7.92. The molecule has 0 saturated heterocycles. The van der Waals surface area contributed by atoms with Crippen molar-refractivity contribution >= 4 is 82.7 Å². The Balaban J connectivity index is 0.000000316. The van der Waals surface area contributed by atoms with Crippen LogP contribution in [0.1, 0.15) is 136 Å². The predicted octanol–water partition coefficient (Wildman–Crippen LogP) is 10.3. The van der Waals surface area contributed by atoms with Gasteiger partial charge in [0.15, 0.2) is 0 Å². The number of phenols is 1. The first-order chi connectivity index (χ1) is 40.1. The number of ether oxygens (including phenoxy) is 2. The van der Waals surface area contributed by atoms with E-state index in [1.54, 1.807) is 0 Å². The number of aromatic nitrogens is 4. The molecule has 4 aromatic carbocycles. The summed E-state index contributed by atoms with van der Waals surface area (Å²) in [5.41, 5.74) is 12.7. The number of phenolic OH excluding ortho intramolecular Hbond substituents is 1. The number of aryl methyl sites for hydroxylation is 2. The number of esters is 1. The van der Waals surface area contributed by atoms with Crippen LogP contribution in [0.3, 0.4) is 0 Å². The minimum atomic E-state index is -4.02. The summed E-state index contributed by atoms with van der Waals surface area (Å²) in [7, 11) is -11.5. The molecule has 0 atom stereocenters. The Labute approximate surface area is 495 Å². The summed E-state index contributed by atoms with van der Waals surface area (Å²) < 4.78 is 96.3. The second-order valence-corrected chi connectivity index (χ2v) is 25.6. The minimum absolute atomic E-state index is 0.00453. The van der Waals surface area contributed by atoms with Gasteiger partial charge in [-0.25, -0.2) is 61.3 Å². The normalized spacial score (nSPS) is 11.4. The summed E-state index contributed by atoms with van der Waals surface area (Å²) in [5, 5.41) is 20.3. The Morgan fingerprint density at radius 1 is 0.631 bits per heavy atom. The van der Waals surface area contributed by atoms with Crippen LogP contribution in [-0.4, -0.2) is 94.7 Å². The van der Waals surface area contributed by atoms with Crippen LogP contribution in [0, 0.1) is 13.8 Å². The van der Waals surface area contributed by atoms with Gasteiger partial charge in [0.1, 0.15) is 11.5 Å². The fourth-order valence-electron chi connectivity index (χ4n) is 8.00. The number of sulfone groups is 2. The zero-order valence-electron chi connectivity index (χ0n) is 47.4. The van der Waals surface area contributed by atoms with Crippen molar-refractivity contribution in [2.75, 3.05) is 46.9 Å². The van der Waals surface area contributed by atoms with Crippen molar-refractivity contribution in [3.8, 4) is 11.5 Å². The van der Waals surface area contributed by atoms with Gasteiger partial charge in [-0.15, -0.1) is 0 Å². The van der Waals surface area contributed by atoms with Crippen LogP contribution in [0.4, 0.5) is 33.0 Å². The molecule has 0 aliphatic heterocycles. The lowest BCUT2D eigenvalue weighted by atomic mass is 10.0. The second-order valence-electron chi connectivity index (χ2n) is 19.6. The molecule has 8 N–H and O–H groups in total. The topological polar surface area (TPSA) is 354 Å². The molecule has 4 amide bonds. The number of benzene rings is 4. The third-order valence-electron chi connectivity index (χ3n) is 12.2. The number of rotatable bonds is 34. The van der Waals surface area contributed by atoms with Crippen LogP contribution < -0.4 is 41.8 Å². The average Bonchev–Trinajstić information content (AvgIpc) is 3.93. The van der Waals surface area contributed by atoms with Crippen molar-refractivity contribution < 1.29 is 63.3 Å². The molecule has 0 spiro atoms. The summed E-state index contributed by atoms with van der Waals surface area (Å²) in [4.78, 5) is 44.4. The smallest absolute Gasteiger partial charge is 0.341 e. The van der Waals surface area contributed by atoms with E-state index in [4.69, 9.17) is 30.1 Å². The molecular formula is C55H74ClN11O14S3. The number of halogens is 1. The van der Waals surface area contributed by atoms with Gasteiger partial charge in [0, 0.05) is 12.2 Å². The number of unbranched alkanes of at least 4 members (excludes halogenated alkanes) is 13. The molecule has 0 radical (unpaired) electrons. The van der Waals surface area contributed by atoms with E-state index in [9.17, 15) is 44.7 Å². The number of hydrogen-bond donors (Lipinski definition) is 8. The monoisotopic (exact) mass is 1240 g/mol. The largest absolute Gasteiger partial charge is 0.508 e. The zero-order valence-corrected chi connectivity index (χ0v) is 50.6. The summed E-state index contributed by atoms with van der Waals surface area (Å²) in [5.74, 6) is -0.646. The first-order valence-electron chi connectivity index (χ1n) is 27.4. The number of nitrogens with one attached hydrogen (secondary N) is 7. The number of hydrogen-bond acceptors (Lipinski definition) is 20. The van der Waals surface area contributed by atoms with Crippen molar-refractivity contribution in [2.45, 2.75) is 139 Å². The van der Waals surface area contributed by atoms with Crippen LogP contribution >= 0.6 is 11.6 Å². The molecule has 0 saturated carbocycles. The van der Waals surface area contributed by atoms with E-state index in [0.717, 1.165) is 42.4 Å². The number of urea groups is 2. The Morgan fingerprint density at radius 2 is 1.20 bits per heavy atom. The number of aromatic hydroxyl groups is 1.